The van der Waals surface area contributed by atoms with Crippen molar-refractivity contribution in [3.8, 4) is 11.4 Å². The van der Waals surface area contributed by atoms with Crippen molar-refractivity contribution in [2.75, 3.05) is 5.32 Å². The fraction of sp³-hybridized carbons (Fsp3) is 0.192. The standard InChI is InChI=1S/C26H25N5O3/c1-18(2)34-26(33)22-13-8-12-21(16-22)25-28-30-31(29-25)17-24(32)27-23-14-7-6-11-20(23)15-19-9-4-3-5-10-19/h3-14,16,18H,15,17H2,1-2H3,(H,27,32). The molecular weight excluding hydrogens is 430 g/mol. The van der Waals surface area contributed by atoms with Crippen LogP contribution in [0.3, 0.4) is 0 Å². The monoisotopic (exact) mass is 455 g/mol. The molecule has 0 aliphatic rings. The number of esters is 1. The molecule has 4 rings (SSSR count). The number of nitrogens with one attached hydrogen (secondary N) is 1. The van der Waals surface area contributed by atoms with Crippen LogP contribution in [0.15, 0.2) is 78.9 Å². The average molecular weight is 456 g/mol. The first-order valence-electron chi connectivity index (χ1n) is 11.0. The van der Waals surface area contributed by atoms with Gasteiger partial charge >= 0.3 is 5.97 Å². The maximum Gasteiger partial charge on any atom is 0.338 e. The molecule has 0 radical (unpaired) electrons. The minimum atomic E-state index is -0.419. The summed E-state index contributed by atoms with van der Waals surface area (Å²) in [6.45, 7) is 3.49. The summed E-state index contributed by atoms with van der Waals surface area (Å²) in [6, 6.07) is 24.6. The molecule has 3 aromatic carbocycles. The highest BCUT2D eigenvalue weighted by molar-refractivity contribution is 5.91. The molecule has 8 nitrogen and oxygen atoms in total. The molecule has 0 saturated heterocycles. The van der Waals surface area contributed by atoms with Gasteiger partial charge in [0.2, 0.25) is 11.7 Å². The number of anilines is 1. The quantitative estimate of drug-likeness (QED) is 0.401. The second kappa shape index (κ2) is 10.5. The molecular formula is C26H25N5O3. The molecule has 8 heteroatoms. The first-order valence-corrected chi connectivity index (χ1v) is 11.0. The Morgan fingerprint density at radius 1 is 0.971 bits per heavy atom. The van der Waals surface area contributed by atoms with Crippen LogP contribution in [-0.4, -0.2) is 38.2 Å². The lowest BCUT2D eigenvalue weighted by Gasteiger charge is -2.11. The Kier molecular flexibility index (Phi) is 7.07. The van der Waals surface area contributed by atoms with Crippen LogP contribution < -0.4 is 5.32 Å². The predicted molar refractivity (Wildman–Crippen MR) is 128 cm³/mol. The summed E-state index contributed by atoms with van der Waals surface area (Å²) in [5.74, 6) is -0.368. The number of hydrogen-bond donors (Lipinski definition) is 1. The van der Waals surface area contributed by atoms with Crippen molar-refractivity contribution in [1.29, 1.82) is 0 Å². The Bertz CT molecular complexity index is 1280. The Labute approximate surface area is 197 Å². The van der Waals surface area contributed by atoms with Gasteiger partial charge in [0.15, 0.2) is 0 Å². The van der Waals surface area contributed by atoms with Crippen molar-refractivity contribution in [2.45, 2.75) is 32.9 Å². The molecule has 172 valence electrons. The largest absolute Gasteiger partial charge is 0.459 e. The van der Waals surface area contributed by atoms with Gasteiger partial charge < -0.3 is 10.1 Å². The van der Waals surface area contributed by atoms with Crippen LogP contribution in [0.25, 0.3) is 11.4 Å². The number of aromatic nitrogens is 4. The lowest BCUT2D eigenvalue weighted by atomic mass is 10.0. The van der Waals surface area contributed by atoms with Crippen LogP contribution in [0.4, 0.5) is 5.69 Å². The van der Waals surface area contributed by atoms with E-state index in [1.165, 1.54) is 4.80 Å². The van der Waals surface area contributed by atoms with Gasteiger partial charge in [0.25, 0.3) is 0 Å². The van der Waals surface area contributed by atoms with Crippen LogP contribution in [0.2, 0.25) is 0 Å². The van der Waals surface area contributed by atoms with E-state index < -0.39 is 5.97 Å². The van der Waals surface area contributed by atoms with Gasteiger partial charge in [-0.15, -0.1) is 10.2 Å². The van der Waals surface area contributed by atoms with E-state index in [1.807, 2.05) is 42.5 Å². The number of para-hydroxylation sites is 1. The summed E-state index contributed by atoms with van der Waals surface area (Å²) in [5, 5.41) is 15.3. The van der Waals surface area contributed by atoms with E-state index in [9.17, 15) is 9.59 Å². The van der Waals surface area contributed by atoms with E-state index in [0.717, 1.165) is 16.8 Å². The third kappa shape index (κ3) is 5.92. The molecule has 1 amide bonds. The highest BCUT2D eigenvalue weighted by Crippen LogP contribution is 2.20. The van der Waals surface area contributed by atoms with Crippen molar-refractivity contribution >= 4 is 17.6 Å². The minimum Gasteiger partial charge on any atom is -0.459 e. The molecule has 0 bridgehead atoms. The smallest absolute Gasteiger partial charge is 0.338 e. The Morgan fingerprint density at radius 2 is 1.74 bits per heavy atom. The zero-order chi connectivity index (χ0) is 23.9. The minimum absolute atomic E-state index is 0.0955. The summed E-state index contributed by atoms with van der Waals surface area (Å²) >= 11 is 0. The fourth-order valence-corrected chi connectivity index (χ4v) is 3.42. The van der Waals surface area contributed by atoms with Crippen LogP contribution >= 0.6 is 0 Å². The number of ether oxygens (including phenoxy) is 1. The maximum atomic E-state index is 12.7. The number of benzene rings is 3. The molecule has 0 fully saturated rings. The van der Waals surface area contributed by atoms with E-state index in [1.54, 1.807) is 38.1 Å². The van der Waals surface area contributed by atoms with E-state index in [4.69, 9.17) is 4.74 Å². The summed E-state index contributed by atoms with van der Waals surface area (Å²) in [6.07, 6.45) is 0.491. The highest BCUT2D eigenvalue weighted by Gasteiger charge is 2.14. The highest BCUT2D eigenvalue weighted by atomic mass is 16.5. The van der Waals surface area contributed by atoms with Crippen LogP contribution in [0.5, 0.6) is 0 Å². The molecule has 0 aliphatic heterocycles. The van der Waals surface area contributed by atoms with Crippen molar-refractivity contribution in [1.82, 2.24) is 20.2 Å². The number of nitrogens with zero attached hydrogens (tertiary/aromatic N) is 4. The van der Waals surface area contributed by atoms with Gasteiger partial charge in [-0.2, -0.15) is 4.80 Å². The van der Waals surface area contributed by atoms with E-state index >= 15 is 0 Å². The van der Waals surface area contributed by atoms with Crippen LogP contribution in [-0.2, 0) is 22.5 Å². The summed E-state index contributed by atoms with van der Waals surface area (Å²) in [4.78, 5) is 26.1. The van der Waals surface area contributed by atoms with Crippen molar-refractivity contribution in [3.63, 3.8) is 0 Å². The number of tetrazole rings is 1. The molecule has 0 unspecified atom stereocenters. The molecule has 0 saturated carbocycles. The van der Waals surface area contributed by atoms with Gasteiger partial charge in [-0.05, 0) is 54.8 Å². The summed E-state index contributed by atoms with van der Waals surface area (Å²) in [7, 11) is 0. The van der Waals surface area contributed by atoms with Gasteiger partial charge in [-0.25, -0.2) is 4.79 Å². The third-order valence-corrected chi connectivity index (χ3v) is 4.97. The summed E-state index contributed by atoms with van der Waals surface area (Å²) < 4.78 is 5.24. The van der Waals surface area contributed by atoms with Crippen LogP contribution in [0, 0.1) is 0 Å². The van der Waals surface area contributed by atoms with E-state index in [2.05, 4.69) is 32.9 Å². The van der Waals surface area contributed by atoms with Crippen LogP contribution in [0.1, 0.15) is 35.3 Å². The second-order valence-corrected chi connectivity index (χ2v) is 8.05. The number of hydrogen-bond acceptors (Lipinski definition) is 6. The van der Waals surface area contributed by atoms with Crippen molar-refractivity contribution in [2.24, 2.45) is 0 Å². The van der Waals surface area contributed by atoms with Gasteiger partial charge in [0.05, 0.1) is 11.7 Å². The molecule has 1 aromatic heterocycles. The van der Waals surface area contributed by atoms with E-state index in [-0.39, 0.29) is 18.6 Å². The Hall–Kier alpha value is -4.33. The first-order chi connectivity index (χ1) is 16.5. The Morgan fingerprint density at radius 3 is 2.53 bits per heavy atom. The van der Waals surface area contributed by atoms with Gasteiger partial charge in [0.1, 0.15) is 6.54 Å². The van der Waals surface area contributed by atoms with E-state index in [0.29, 0.717) is 23.4 Å². The molecule has 0 atom stereocenters. The molecule has 0 aliphatic carbocycles. The zero-order valence-electron chi connectivity index (χ0n) is 19.0. The van der Waals surface area contributed by atoms with Crippen molar-refractivity contribution in [3.05, 3.63) is 95.6 Å². The first kappa shape index (κ1) is 22.8. The number of carbonyl (C=O) groups excluding carboxylic acids is 2. The van der Waals surface area contributed by atoms with Gasteiger partial charge in [-0.1, -0.05) is 60.7 Å². The van der Waals surface area contributed by atoms with Gasteiger partial charge in [0, 0.05) is 11.3 Å². The Balaban J connectivity index is 1.43. The second-order valence-electron chi connectivity index (χ2n) is 8.05. The summed E-state index contributed by atoms with van der Waals surface area (Å²) in [5.41, 5.74) is 3.92. The lowest BCUT2D eigenvalue weighted by molar-refractivity contribution is -0.117. The van der Waals surface area contributed by atoms with Crippen molar-refractivity contribution < 1.29 is 14.3 Å². The molecule has 34 heavy (non-hydrogen) atoms. The number of amides is 1. The molecule has 1 heterocycles. The number of rotatable bonds is 8. The SMILES string of the molecule is CC(C)OC(=O)c1cccc(-c2nnn(CC(=O)Nc3ccccc3Cc3ccccc3)n2)c1. The maximum absolute atomic E-state index is 12.7. The molecule has 0 spiro atoms. The predicted octanol–water partition coefficient (Wildman–Crippen LogP) is 4.13. The lowest BCUT2D eigenvalue weighted by Crippen LogP contribution is -2.21. The normalized spacial score (nSPS) is 10.8. The topological polar surface area (TPSA) is 99.0 Å². The zero-order valence-corrected chi connectivity index (χ0v) is 19.0. The molecule has 1 N–H and O–H groups in total. The average Bonchev–Trinajstić information content (AvgIpc) is 3.29. The third-order valence-electron chi connectivity index (χ3n) is 4.97. The molecule has 4 aromatic rings. The van der Waals surface area contributed by atoms with Gasteiger partial charge in [-0.3, -0.25) is 4.79 Å². The fourth-order valence-electron chi connectivity index (χ4n) is 3.42. The number of carbonyl (C=O) groups is 2.